The maximum absolute atomic E-state index is 13.8. The third-order valence-corrected chi connectivity index (χ3v) is 8.16. The van der Waals surface area contributed by atoms with Gasteiger partial charge in [0.2, 0.25) is 0 Å². The molecule has 0 radical (unpaired) electrons. The molecule has 0 aromatic heterocycles. The predicted molar refractivity (Wildman–Crippen MR) is 141 cm³/mol. The van der Waals surface area contributed by atoms with E-state index in [2.05, 4.69) is 45.6 Å². The molecule has 0 saturated carbocycles. The van der Waals surface area contributed by atoms with Gasteiger partial charge in [-0.15, -0.1) is 12.4 Å². The quantitative estimate of drug-likeness (QED) is 0.377. The molecule has 4 N–H and O–H groups in total. The van der Waals surface area contributed by atoms with Crippen molar-refractivity contribution in [3.05, 3.63) is 35.9 Å². The summed E-state index contributed by atoms with van der Waals surface area (Å²) >= 11 is 1.42. The summed E-state index contributed by atoms with van der Waals surface area (Å²) in [5.41, 5.74) is 8.38. The van der Waals surface area contributed by atoms with Gasteiger partial charge in [-0.3, -0.25) is 0 Å². The number of benzene rings is 2. The van der Waals surface area contributed by atoms with E-state index in [1.54, 1.807) is 0 Å². The number of fused-ring (bicyclic) bond motifs is 2. The summed E-state index contributed by atoms with van der Waals surface area (Å²) in [7, 11) is 0. The third kappa shape index (κ3) is 5.79. The lowest BCUT2D eigenvalue weighted by atomic mass is 10.0. The number of anilines is 4. The van der Waals surface area contributed by atoms with Crippen molar-refractivity contribution >= 4 is 46.9 Å². The van der Waals surface area contributed by atoms with Crippen LogP contribution in [0, 0.1) is 5.92 Å². The van der Waals surface area contributed by atoms with E-state index in [1.807, 2.05) is 0 Å². The Labute approximate surface area is 215 Å². The summed E-state index contributed by atoms with van der Waals surface area (Å²) in [5, 5.41) is 6.87. The summed E-state index contributed by atoms with van der Waals surface area (Å²) in [6.45, 7) is 7.57. The van der Waals surface area contributed by atoms with Gasteiger partial charge < -0.3 is 26.2 Å². The van der Waals surface area contributed by atoms with Crippen molar-refractivity contribution in [1.29, 1.82) is 0 Å². The molecule has 1 atom stereocenters. The van der Waals surface area contributed by atoms with Gasteiger partial charge in [-0.2, -0.15) is 13.2 Å². The summed E-state index contributed by atoms with van der Waals surface area (Å²) in [6.07, 6.45) is -1.47. The van der Waals surface area contributed by atoms with Crippen molar-refractivity contribution in [2.24, 2.45) is 11.7 Å². The second-order valence-electron chi connectivity index (χ2n) is 9.69. The van der Waals surface area contributed by atoms with Crippen molar-refractivity contribution in [2.45, 2.75) is 48.2 Å². The van der Waals surface area contributed by atoms with Gasteiger partial charge in [0, 0.05) is 60.8 Å². The Balaban J connectivity index is 0.00000289. The Kier molecular flexibility index (Phi) is 8.00. The second kappa shape index (κ2) is 10.7. The lowest BCUT2D eigenvalue weighted by Gasteiger charge is -2.34. The molecule has 192 valence electrons. The van der Waals surface area contributed by atoms with Crippen LogP contribution in [0.5, 0.6) is 0 Å². The van der Waals surface area contributed by atoms with E-state index in [9.17, 15) is 13.2 Å². The summed E-state index contributed by atoms with van der Waals surface area (Å²) in [5.74, 6) is 0.660. The van der Waals surface area contributed by atoms with E-state index in [-0.39, 0.29) is 18.4 Å². The molecule has 5 nitrogen and oxygen atoms in total. The average Bonchev–Trinajstić information content (AvgIpc) is 3.24. The number of nitrogens with zero attached hydrogens (tertiary/aromatic N) is 2. The zero-order valence-electron chi connectivity index (χ0n) is 19.8. The van der Waals surface area contributed by atoms with Gasteiger partial charge >= 0.3 is 6.18 Å². The van der Waals surface area contributed by atoms with E-state index in [0.717, 1.165) is 67.5 Å². The first-order valence-corrected chi connectivity index (χ1v) is 12.9. The van der Waals surface area contributed by atoms with Crippen LogP contribution in [-0.4, -0.2) is 50.2 Å². The van der Waals surface area contributed by atoms with Crippen LogP contribution in [0.15, 0.2) is 40.1 Å². The Morgan fingerprint density at radius 3 is 2.51 bits per heavy atom. The highest BCUT2D eigenvalue weighted by Crippen LogP contribution is 2.50. The molecule has 0 bridgehead atoms. The number of nitrogens with one attached hydrogen (secondary N) is 2. The van der Waals surface area contributed by atoms with Crippen molar-refractivity contribution < 1.29 is 13.2 Å². The fourth-order valence-corrected chi connectivity index (χ4v) is 6.22. The monoisotopic (exact) mass is 527 g/mol. The molecule has 3 heterocycles. The number of hydrogen-bond acceptors (Lipinski definition) is 6. The van der Waals surface area contributed by atoms with Gasteiger partial charge in [0.1, 0.15) is 0 Å². The largest absolute Gasteiger partial charge is 0.416 e. The van der Waals surface area contributed by atoms with Crippen LogP contribution in [0.3, 0.4) is 0 Å². The molecule has 1 unspecified atom stereocenters. The fourth-order valence-electron chi connectivity index (χ4n) is 5.12. The first-order valence-electron chi connectivity index (χ1n) is 12.1. The second-order valence-corrected chi connectivity index (χ2v) is 10.8. The topological polar surface area (TPSA) is 56.6 Å². The number of rotatable bonds is 5. The van der Waals surface area contributed by atoms with E-state index < -0.39 is 11.7 Å². The van der Waals surface area contributed by atoms with Crippen LogP contribution in [0.1, 0.15) is 31.7 Å². The minimum absolute atomic E-state index is 0. The number of piperidine rings is 1. The molecule has 10 heteroatoms. The maximum Gasteiger partial charge on any atom is 0.416 e. The number of likely N-dealkylation sites (tertiary alicyclic amines) is 1. The zero-order valence-corrected chi connectivity index (χ0v) is 21.5. The van der Waals surface area contributed by atoms with Gasteiger partial charge in [0.25, 0.3) is 0 Å². The molecular formula is C25H33ClF3N5S. The number of hydrogen-bond donors (Lipinski definition) is 3. The molecule has 3 aliphatic rings. The molecule has 5 rings (SSSR count). The SMILES string of the molecule is CC1CCN(c2ccc3c(c2)Sc2cc(C(F)(F)F)cc(NC4CCN(CCN)CC4)c2N3)C1.Cl. The van der Waals surface area contributed by atoms with Gasteiger partial charge in [0.05, 0.1) is 22.6 Å². The van der Waals surface area contributed by atoms with E-state index >= 15 is 0 Å². The number of halogens is 4. The first kappa shape index (κ1) is 26.3. The van der Waals surface area contributed by atoms with Crippen LogP contribution >= 0.6 is 24.2 Å². The maximum atomic E-state index is 13.8. The summed E-state index contributed by atoms with van der Waals surface area (Å²) in [4.78, 5) is 6.24. The average molecular weight is 528 g/mol. The van der Waals surface area contributed by atoms with Crippen LogP contribution < -0.4 is 21.3 Å². The van der Waals surface area contributed by atoms with Crippen LogP contribution in [0.4, 0.5) is 35.9 Å². The van der Waals surface area contributed by atoms with Gasteiger partial charge in [0.15, 0.2) is 0 Å². The molecular weight excluding hydrogens is 495 g/mol. The molecule has 2 aromatic carbocycles. The Morgan fingerprint density at radius 2 is 1.86 bits per heavy atom. The van der Waals surface area contributed by atoms with Gasteiger partial charge in [-0.1, -0.05) is 18.7 Å². The minimum atomic E-state index is -4.40. The van der Waals surface area contributed by atoms with Crippen molar-refractivity contribution in [3.63, 3.8) is 0 Å². The predicted octanol–water partition coefficient (Wildman–Crippen LogP) is 6.02. The highest BCUT2D eigenvalue weighted by atomic mass is 35.5. The van der Waals surface area contributed by atoms with Gasteiger partial charge in [-0.05, 0) is 55.5 Å². The smallest absolute Gasteiger partial charge is 0.380 e. The standard InChI is InChI=1S/C25H32F3N5S.ClH/c1-16-4-10-33(15-16)19-2-3-20-22(14-19)34-23-13-17(25(26,27)28)12-21(24(23)31-20)30-18-5-8-32(9-6-18)11-7-29;/h2-3,12-14,16,18,30-31H,4-11,15,29H2,1H3;1H. The molecule has 2 fully saturated rings. The van der Waals surface area contributed by atoms with Crippen molar-refractivity contribution in [2.75, 3.05) is 54.8 Å². The third-order valence-electron chi connectivity index (χ3n) is 7.06. The normalized spacial score (nSPS) is 20.6. The summed E-state index contributed by atoms with van der Waals surface area (Å²) in [6, 6.07) is 8.93. The Bertz CT molecular complexity index is 1040. The van der Waals surface area contributed by atoms with E-state index in [1.165, 1.54) is 30.3 Å². The summed E-state index contributed by atoms with van der Waals surface area (Å²) < 4.78 is 41.3. The van der Waals surface area contributed by atoms with Crippen molar-refractivity contribution in [3.8, 4) is 0 Å². The molecule has 0 amide bonds. The molecule has 2 saturated heterocycles. The van der Waals surface area contributed by atoms with Crippen LogP contribution in [0.25, 0.3) is 0 Å². The highest BCUT2D eigenvalue weighted by Gasteiger charge is 2.34. The fraction of sp³-hybridized carbons (Fsp3) is 0.520. The zero-order chi connectivity index (χ0) is 23.9. The number of alkyl halides is 3. The van der Waals surface area contributed by atoms with Gasteiger partial charge in [-0.25, -0.2) is 0 Å². The molecule has 0 aliphatic carbocycles. The number of nitrogens with two attached hydrogens (primary N) is 1. The molecule has 3 aliphatic heterocycles. The molecule has 35 heavy (non-hydrogen) atoms. The van der Waals surface area contributed by atoms with Crippen molar-refractivity contribution in [1.82, 2.24) is 4.90 Å². The lowest BCUT2D eigenvalue weighted by Crippen LogP contribution is -2.41. The van der Waals surface area contributed by atoms with Crippen LogP contribution in [-0.2, 0) is 6.18 Å². The van der Waals surface area contributed by atoms with E-state index in [0.29, 0.717) is 23.0 Å². The van der Waals surface area contributed by atoms with E-state index in [4.69, 9.17) is 5.73 Å². The lowest BCUT2D eigenvalue weighted by molar-refractivity contribution is -0.137. The highest BCUT2D eigenvalue weighted by molar-refractivity contribution is 7.99. The minimum Gasteiger partial charge on any atom is -0.380 e. The van der Waals surface area contributed by atoms with Crippen LogP contribution in [0.2, 0.25) is 0 Å². The Hall–Kier alpha value is -1.81. The molecule has 2 aromatic rings. The Morgan fingerprint density at radius 1 is 1.09 bits per heavy atom. The molecule has 0 spiro atoms. The first-order chi connectivity index (χ1) is 16.3.